The van der Waals surface area contributed by atoms with Gasteiger partial charge in [-0.3, -0.25) is 14.5 Å². The number of carbonyl (C=O) groups is 2. The third-order valence-corrected chi connectivity index (χ3v) is 5.03. The Kier molecular flexibility index (Phi) is 5.33. The first kappa shape index (κ1) is 20.4. The summed E-state index contributed by atoms with van der Waals surface area (Å²) in [6.45, 7) is 3.38. The Bertz CT molecular complexity index is 1180. The molecule has 1 atom stereocenters. The molecule has 0 aliphatic carbocycles. The zero-order valence-corrected chi connectivity index (χ0v) is 17.2. The van der Waals surface area contributed by atoms with Crippen LogP contribution in [0.3, 0.4) is 0 Å². The molecule has 0 unspecified atom stereocenters. The number of fused-ring (bicyclic) bond motifs is 1. The van der Waals surface area contributed by atoms with Gasteiger partial charge in [-0.1, -0.05) is 12.1 Å². The van der Waals surface area contributed by atoms with Gasteiger partial charge < -0.3 is 10.1 Å². The molecule has 1 aliphatic rings. The van der Waals surface area contributed by atoms with Crippen LogP contribution in [0.1, 0.15) is 21.7 Å². The van der Waals surface area contributed by atoms with Gasteiger partial charge in [-0.2, -0.15) is 0 Å². The maximum Gasteiger partial charge on any atom is 0.289 e. The van der Waals surface area contributed by atoms with E-state index in [1.54, 1.807) is 51.4 Å². The van der Waals surface area contributed by atoms with Gasteiger partial charge in [-0.15, -0.1) is 0 Å². The van der Waals surface area contributed by atoms with Crippen LogP contribution >= 0.6 is 0 Å². The number of nitrogens with zero attached hydrogens (tertiary/aromatic N) is 4. The number of aryl methyl sites for hydroxylation is 2. The quantitative estimate of drug-likeness (QED) is 0.698. The zero-order valence-electron chi connectivity index (χ0n) is 17.2. The van der Waals surface area contributed by atoms with E-state index < -0.39 is 11.9 Å². The molecule has 1 aromatic carbocycles. The Hall–Kier alpha value is -3.88. The number of rotatable bonds is 3. The highest BCUT2D eigenvalue weighted by Gasteiger charge is 2.32. The van der Waals surface area contributed by atoms with E-state index in [1.165, 1.54) is 17.2 Å². The first-order chi connectivity index (χ1) is 14.8. The average Bonchev–Trinajstić information content (AvgIpc) is 2.88. The van der Waals surface area contributed by atoms with Gasteiger partial charge in [0, 0.05) is 25.0 Å². The number of nitrogens with one attached hydrogen (secondary N) is 1. The molecule has 0 fully saturated rings. The summed E-state index contributed by atoms with van der Waals surface area (Å²) in [5.41, 5.74) is 2.18. The highest BCUT2D eigenvalue weighted by molar-refractivity contribution is 6.01. The summed E-state index contributed by atoms with van der Waals surface area (Å²) >= 11 is 0. The molecule has 31 heavy (non-hydrogen) atoms. The molecule has 8 nitrogen and oxygen atoms in total. The minimum absolute atomic E-state index is 0.0600. The molecule has 1 aliphatic heterocycles. The van der Waals surface area contributed by atoms with Crippen molar-refractivity contribution >= 4 is 17.6 Å². The Morgan fingerprint density at radius 3 is 2.81 bits per heavy atom. The molecule has 158 valence electrons. The number of ether oxygens (including phenoxy) is 1. The van der Waals surface area contributed by atoms with Crippen molar-refractivity contribution in [2.75, 3.05) is 18.6 Å². The van der Waals surface area contributed by atoms with E-state index in [4.69, 9.17) is 4.74 Å². The largest absolute Gasteiger partial charge is 0.487 e. The molecule has 3 heterocycles. The highest BCUT2D eigenvalue weighted by Crippen LogP contribution is 2.27. The maximum absolute atomic E-state index is 14.0. The van der Waals surface area contributed by atoms with Crippen molar-refractivity contribution in [3.63, 3.8) is 0 Å². The molecular formula is C22H20FN5O3. The second-order valence-corrected chi connectivity index (χ2v) is 7.25. The number of hydrogen-bond acceptors (Lipinski definition) is 6. The second-order valence-electron chi connectivity index (χ2n) is 7.25. The van der Waals surface area contributed by atoms with E-state index in [-0.39, 0.29) is 24.2 Å². The third-order valence-electron chi connectivity index (χ3n) is 5.03. The number of carbonyl (C=O) groups excluding carboxylic acids is 2. The van der Waals surface area contributed by atoms with Crippen molar-refractivity contribution in [1.29, 1.82) is 0 Å². The normalized spacial score (nSPS) is 15.7. The lowest BCUT2D eigenvalue weighted by atomic mass is 10.1. The van der Waals surface area contributed by atoms with Crippen molar-refractivity contribution in [2.24, 2.45) is 0 Å². The molecule has 3 aromatic rings. The smallest absolute Gasteiger partial charge is 0.289 e. The minimum Gasteiger partial charge on any atom is -0.487 e. The van der Waals surface area contributed by atoms with Gasteiger partial charge in [0.1, 0.15) is 18.5 Å². The van der Waals surface area contributed by atoms with E-state index in [1.807, 2.05) is 0 Å². The van der Waals surface area contributed by atoms with E-state index in [0.717, 1.165) is 0 Å². The average molecular weight is 421 g/mol. The number of anilines is 1. The van der Waals surface area contributed by atoms with E-state index in [2.05, 4.69) is 20.3 Å². The van der Waals surface area contributed by atoms with Crippen molar-refractivity contribution in [3.05, 3.63) is 65.5 Å². The summed E-state index contributed by atoms with van der Waals surface area (Å²) in [5, 5.41) is 2.63. The van der Waals surface area contributed by atoms with Gasteiger partial charge in [-0.25, -0.2) is 19.3 Å². The predicted molar refractivity (Wildman–Crippen MR) is 111 cm³/mol. The molecule has 9 heteroatoms. The van der Waals surface area contributed by atoms with Crippen molar-refractivity contribution in [3.8, 4) is 17.0 Å². The monoisotopic (exact) mass is 421 g/mol. The molecule has 2 aromatic heterocycles. The molecule has 4 rings (SSSR count). The standard InChI is InChI=1S/C22H20FN5O3/c1-12-6-7-14(9-15(12)23)18-13(2)10-25-19(27-18)21(29)26-16-11-31-17-5-4-8-24-20(17)28(3)22(16)30/h4-10,16H,11H2,1-3H3,(H,26,29)/t16-/m0/s1. The maximum atomic E-state index is 14.0. The lowest BCUT2D eigenvalue weighted by Crippen LogP contribution is -2.49. The van der Waals surface area contributed by atoms with Crippen molar-refractivity contribution < 1.29 is 18.7 Å². The first-order valence-corrected chi connectivity index (χ1v) is 9.61. The third kappa shape index (κ3) is 3.94. The van der Waals surface area contributed by atoms with Crippen LogP contribution in [0.25, 0.3) is 11.3 Å². The number of aromatic nitrogens is 3. The molecule has 2 amide bonds. The van der Waals surface area contributed by atoms with Crippen LogP contribution < -0.4 is 15.0 Å². The van der Waals surface area contributed by atoms with Crippen molar-refractivity contribution in [2.45, 2.75) is 19.9 Å². The number of amides is 2. The van der Waals surface area contributed by atoms with Crippen LogP contribution in [0.15, 0.2) is 42.7 Å². The van der Waals surface area contributed by atoms with Gasteiger partial charge in [0.15, 0.2) is 11.6 Å². The van der Waals surface area contributed by atoms with Gasteiger partial charge in [-0.05, 0) is 43.2 Å². The van der Waals surface area contributed by atoms with Crippen molar-refractivity contribution in [1.82, 2.24) is 20.3 Å². The number of benzene rings is 1. The Morgan fingerprint density at radius 2 is 2.03 bits per heavy atom. The van der Waals surface area contributed by atoms with Crippen LogP contribution in [-0.4, -0.2) is 46.5 Å². The first-order valence-electron chi connectivity index (χ1n) is 9.61. The van der Waals surface area contributed by atoms with E-state index in [9.17, 15) is 14.0 Å². The summed E-state index contributed by atoms with van der Waals surface area (Å²) in [6.07, 6.45) is 3.05. The molecule has 0 saturated carbocycles. The molecule has 0 spiro atoms. The highest BCUT2D eigenvalue weighted by atomic mass is 19.1. The van der Waals surface area contributed by atoms with Gasteiger partial charge in [0.25, 0.3) is 11.8 Å². The lowest BCUT2D eigenvalue weighted by Gasteiger charge is -2.19. The predicted octanol–water partition coefficient (Wildman–Crippen LogP) is 2.45. The van der Waals surface area contributed by atoms with Gasteiger partial charge in [0.05, 0.1) is 5.69 Å². The van der Waals surface area contributed by atoms with E-state index >= 15 is 0 Å². The summed E-state index contributed by atoms with van der Waals surface area (Å²) in [7, 11) is 1.56. The SMILES string of the molecule is Cc1ccc(-c2nc(C(=O)N[C@H]3COc4cccnc4N(C)C3=O)ncc2C)cc1F. The van der Waals surface area contributed by atoms with Crippen LogP contribution in [0, 0.1) is 19.7 Å². The zero-order chi connectivity index (χ0) is 22.1. The minimum atomic E-state index is -0.947. The summed E-state index contributed by atoms with van der Waals surface area (Å²) in [5.74, 6) is -0.678. The number of hydrogen-bond donors (Lipinski definition) is 1. The van der Waals surface area contributed by atoms with Gasteiger partial charge in [0.2, 0.25) is 5.82 Å². The Labute approximate surface area is 178 Å². The fourth-order valence-corrected chi connectivity index (χ4v) is 3.24. The Morgan fingerprint density at radius 1 is 1.23 bits per heavy atom. The number of halogens is 1. The van der Waals surface area contributed by atoms with Crippen LogP contribution in [0.5, 0.6) is 5.75 Å². The molecule has 0 saturated heterocycles. The summed E-state index contributed by atoms with van der Waals surface area (Å²) in [6, 6.07) is 7.20. The fraction of sp³-hybridized carbons (Fsp3) is 0.227. The lowest BCUT2D eigenvalue weighted by molar-refractivity contribution is -0.120. The summed E-state index contributed by atoms with van der Waals surface area (Å²) in [4.78, 5) is 39.5. The number of pyridine rings is 1. The fourth-order valence-electron chi connectivity index (χ4n) is 3.24. The van der Waals surface area contributed by atoms with E-state index in [0.29, 0.717) is 34.0 Å². The second kappa shape index (κ2) is 8.10. The molecule has 1 N–H and O–H groups in total. The van der Waals surface area contributed by atoms with Gasteiger partial charge >= 0.3 is 0 Å². The van der Waals surface area contributed by atoms with Crippen LogP contribution in [0.2, 0.25) is 0 Å². The Balaban J connectivity index is 1.58. The van der Waals surface area contributed by atoms with Crippen LogP contribution in [0.4, 0.5) is 10.2 Å². The topological polar surface area (TPSA) is 97.3 Å². The summed E-state index contributed by atoms with van der Waals surface area (Å²) < 4.78 is 19.7. The molecular weight excluding hydrogens is 401 g/mol. The number of likely N-dealkylation sites (N-methyl/N-ethyl adjacent to an activating group) is 1. The van der Waals surface area contributed by atoms with Crippen LogP contribution in [-0.2, 0) is 4.79 Å². The molecule has 0 bridgehead atoms. The molecule has 0 radical (unpaired) electrons.